The summed E-state index contributed by atoms with van der Waals surface area (Å²) in [7, 11) is 1.44. The number of pyridine rings is 1. The van der Waals surface area contributed by atoms with Gasteiger partial charge in [0.15, 0.2) is 5.65 Å². The lowest BCUT2D eigenvalue weighted by molar-refractivity contribution is -0.137. The van der Waals surface area contributed by atoms with E-state index in [1.54, 1.807) is 16.7 Å². The van der Waals surface area contributed by atoms with Crippen molar-refractivity contribution in [1.29, 1.82) is 0 Å². The number of hydrogen-bond acceptors (Lipinski definition) is 3. The van der Waals surface area contributed by atoms with Crippen molar-refractivity contribution >= 4 is 17.7 Å². The number of rotatable bonds is 5. The second-order valence-electron chi connectivity index (χ2n) is 6.66. The number of methoxy groups -OCH3 is 1. The molecule has 2 heterocycles. The second-order valence-corrected chi connectivity index (χ2v) is 6.66. The Morgan fingerprint density at radius 1 is 1.10 bits per heavy atom. The van der Waals surface area contributed by atoms with E-state index in [1.165, 1.54) is 43.6 Å². The highest BCUT2D eigenvalue weighted by Gasteiger charge is 2.30. The minimum Gasteiger partial charge on any atom is -0.496 e. The minimum atomic E-state index is -4.50. The van der Waals surface area contributed by atoms with E-state index in [4.69, 9.17) is 4.74 Å². The van der Waals surface area contributed by atoms with Gasteiger partial charge in [0.25, 0.3) is 0 Å². The highest BCUT2D eigenvalue weighted by Crippen LogP contribution is 2.36. The van der Waals surface area contributed by atoms with Gasteiger partial charge in [0.2, 0.25) is 6.41 Å². The lowest BCUT2D eigenvalue weighted by Crippen LogP contribution is -2.05. The van der Waals surface area contributed by atoms with Gasteiger partial charge in [0.1, 0.15) is 11.6 Å². The van der Waals surface area contributed by atoms with Gasteiger partial charge in [0.05, 0.1) is 30.3 Å². The van der Waals surface area contributed by atoms with Crippen LogP contribution in [0, 0.1) is 5.82 Å². The molecule has 1 N–H and O–H groups in total. The smallest absolute Gasteiger partial charge is 0.416 e. The van der Waals surface area contributed by atoms with E-state index in [-0.39, 0.29) is 5.56 Å². The monoisotopic (exact) mass is 429 g/mol. The number of benzene rings is 2. The highest BCUT2D eigenvalue weighted by atomic mass is 19.4. The second kappa shape index (κ2) is 7.75. The summed E-state index contributed by atoms with van der Waals surface area (Å²) in [6.45, 7) is 0. The van der Waals surface area contributed by atoms with Gasteiger partial charge in [-0.25, -0.2) is 9.37 Å². The summed E-state index contributed by atoms with van der Waals surface area (Å²) >= 11 is 0. The SMILES string of the molecule is COc1ccc(F)cc1-c1cc(NC=O)c2ncc(-c3cccc(C(F)(F)F)c3)n2c1. The predicted octanol–water partition coefficient (Wildman–Crippen LogP) is 5.40. The Morgan fingerprint density at radius 2 is 1.90 bits per heavy atom. The zero-order valence-corrected chi connectivity index (χ0v) is 16.1. The van der Waals surface area contributed by atoms with E-state index in [0.717, 1.165) is 12.1 Å². The molecule has 2 aromatic heterocycles. The van der Waals surface area contributed by atoms with Crippen molar-refractivity contribution in [2.75, 3.05) is 12.4 Å². The summed E-state index contributed by atoms with van der Waals surface area (Å²) in [5.41, 5.74) is 1.35. The summed E-state index contributed by atoms with van der Waals surface area (Å²) in [4.78, 5) is 15.4. The average Bonchev–Trinajstić information content (AvgIpc) is 3.18. The fourth-order valence-electron chi connectivity index (χ4n) is 3.38. The lowest BCUT2D eigenvalue weighted by atomic mass is 10.0. The van der Waals surface area contributed by atoms with Gasteiger partial charge in [-0.05, 0) is 36.4 Å². The van der Waals surface area contributed by atoms with Crippen LogP contribution < -0.4 is 10.1 Å². The Labute approximate surface area is 173 Å². The lowest BCUT2D eigenvalue weighted by Gasteiger charge is -2.13. The summed E-state index contributed by atoms with van der Waals surface area (Å²) in [5.74, 6) is -0.108. The molecule has 31 heavy (non-hydrogen) atoms. The van der Waals surface area contributed by atoms with Crippen LogP contribution in [0.4, 0.5) is 23.2 Å². The van der Waals surface area contributed by atoms with Crippen LogP contribution in [-0.4, -0.2) is 22.9 Å². The van der Waals surface area contributed by atoms with E-state index >= 15 is 0 Å². The Morgan fingerprint density at radius 3 is 2.61 bits per heavy atom. The molecule has 4 aromatic rings. The molecule has 1 amide bonds. The first kappa shape index (κ1) is 20.4. The molecule has 0 unspecified atom stereocenters. The molecule has 0 saturated carbocycles. The molecular formula is C22H15F4N3O2. The Kier molecular flexibility index (Phi) is 5.10. The van der Waals surface area contributed by atoms with Gasteiger partial charge in [0, 0.05) is 22.9 Å². The molecule has 0 saturated heterocycles. The molecular weight excluding hydrogens is 414 g/mol. The van der Waals surface area contributed by atoms with Crippen molar-refractivity contribution in [3.8, 4) is 28.1 Å². The molecule has 0 aliphatic heterocycles. The number of fused-ring (bicyclic) bond motifs is 1. The Bertz CT molecular complexity index is 1280. The highest BCUT2D eigenvalue weighted by molar-refractivity contribution is 5.87. The molecule has 0 aliphatic rings. The van der Waals surface area contributed by atoms with Crippen LogP contribution in [-0.2, 0) is 11.0 Å². The molecule has 0 spiro atoms. The molecule has 0 aliphatic carbocycles. The molecule has 0 bridgehead atoms. The number of imidazole rings is 1. The van der Waals surface area contributed by atoms with E-state index in [2.05, 4.69) is 10.3 Å². The van der Waals surface area contributed by atoms with Crippen molar-refractivity contribution in [2.45, 2.75) is 6.18 Å². The number of nitrogens with zero attached hydrogens (tertiary/aromatic N) is 2. The quantitative estimate of drug-likeness (QED) is 0.341. The number of aromatic nitrogens is 2. The number of carbonyl (C=O) groups is 1. The average molecular weight is 429 g/mol. The largest absolute Gasteiger partial charge is 0.496 e. The maximum absolute atomic E-state index is 13.9. The van der Waals surface area contributed by atoms with Crippen molar-refractivity contribution in [1.82, 2.24) is 9.38 Å². The van der Waals surface area contributed by atoms with Crippen molar-refractivity contribution in [3.05, 3.63) is 72.3 Å². The fraction of sp³-hybridized carbons (Fsp3) is 0.0909. The van der Waals surface area contributed by atoms with Gasteiger partial charge in [-0.2, -0.15) is 13.2 Å². The number of nitrogens with one attached hydrogen (secondary N) is 1. The molecule has 9 heteroatoms. The molecule has 5 nitrogen and oxygen atoms in total. The maximum Gasteiger partial charge on any atom is 0.416 e. The van der Waals surface area contributed by atoms with Crippen LogP contribution in [0.25, 0.3) is 28.0 Å². The fourth-order valence-corrected chi connectivity index (χ4v) is 3.38. The van der Waals surface area contributed by atoms with Gasteiger partial charge in [-0.15, -0.1) is 0 Å². The topological polar surface area (TPSA) is 55.6 Å². The van der Waals surface area contributed by atoms with E-state index in [0.29, 0.717) is 40.3 Å². The zero-order chi connectivity index (χ0) is 22.2. The first-order valence-electron chi connectivity index (χ1n) is 9.04. The Hall–Kier alpha value is -3.88. The predicted molar refractivity (Wildman–Crippen MR) is 107 cm³/mol. The minimum absolute atomic E-state index is 0.280. The summed E-state index contributed by atoms with van der Waals surface area (Å²) in [5, 5.41) is 2.53. The third-order valence-electron chi connectivity index (χ3n) is 4.78. The van der Waals surface area contributed by atoms with Crippen LogP contribution in [0.15, 0.2) is 60.9 Å². The van der Waals surface area contributed by atoms with Crippen LogP contribution in [0.2, 0.25) is 0 Å². The maximum atomic E-state index is 13.9. The third-order valence-corrected chi connectivity index (χ3v) is 4.78. The van der Waals surface area contributed by atoms with Crippen LogP contribution >= 0.6 is 0 Å². The van der Waals surface area contributed by atoms with Crippen LogP contribution in [0.5, 0.6) is 5.75 Å². The van der Waals surface area contributed by atoms with Crippen molar-refractivity contribution < 1.29 is 27.1 Å². The van der Waals surface area contributed by atoms with Gasteiger partial charge in [-0.1, -0.05) is 12.1 Å². The van der Waals surface area contributed by atoms with Crippen LogP contribution in [0.3, 0.4) is 0 Å². The number of hydrogen-bond donors (Lipinski definition) is 1. The Balaban J connectivity index is 1.97. The molecule has 158 valence electrons. The summed E-state index contributed by atoms with van der Waals surface area (Å²) < 4.78 is 60.3. The molecule has 0 radical (unpaired) electrons. The zero-order valence-electron chi connectivity index (χ0n) is 16.1. The van der Waals surface area contributed by atoms with E-state index < -0.39 is 17.6 Å². The molecule has 0 atom stereocenters. The van der Waals surface area contributed by atoms with Gasteiger partial charge < -0.3 is 10.1 Å². The first-order valence-corrected chi connectivity index (χ1v) is 9.04. The van der Waals surface area contributed by atoms with Gasteiger partial charge >= 0.3 is 6.18 Å². The number of ether oxygens (including phenoxy) is 1. The van der Waals surface area contributed by atoms with Crippen LogP contribution in [0.1, 0.15) is 5.56 Å². The van der Waals surface area contributed by atoms with Crippen molar-refractivity contribution in [2.24, 2.45) is 0 Å². The van der Waals surface area contributed by atoms with Crippen molar-refractivity contribution in [3.63, 3.8) is 0 Å². The van der Waals surface area contributed by atoms with E-state index in [1.807, 2.05) is 0 Å². The number of alkyl halides is 3. The normalized spacial score (nSPS) is 11.5. The number of amides is 1. The van der Waals surface area contributed by atoms with Gasteiger partial charge in [-0.3, -0.25) is 9.20 Å². The molecule has 0 fully saturated rings. The molecule has 2 aromatic carbocycles. The molecule has 4 rings (SSSR count). The van der Waals surface area contributed by atoms with E-state index in [9.17, 15) is 22.4 Å². The standard InChI is InChI=1S/C22H15F4N3O2/c1-31-20-6-5-16(23)9-17(20)14-8-18(28-12-30)21-27-10-19(29(21)11-14)13-3-2-4-15(7-13)22(24,25)26/h2-12H,1H3,(H,28,30). The summed E-state index contributed by atoms with van der Waals surface area (Å²) in [6.07, 6.45) is -1.03. The number of halogens is 4. The first-order chi connectivity index (χ1) is 14.8. The number of anilines is 1. The third kappa shape index (κ3) is 3.81. The summed E-state index contributed by atoms with van der Waals surface area (Å²) in [6, 6.07) is 10.4. The number of carbonyl (C=O) groups excluding carboxylic acids is 1.